The number of thiophene rings is 1. The zero-order chi connectivity index (χ0) is 22.8. The third-order valence-electron chi connectivity index (χ3n) is 5.48. The molecular formula is C25H23NO5S. The van der Waals surface area contributed by atoms with Crippen LogP contribution in [0.15, 0.2) is 65.6 Å². The number of amides is 1. The molecule has 0 aliphatic carbocycles. The minimum atomic E-state index is -0.693. The van der Waals surface area contributed by atoms with Crippen molar-refractivity contribution in [3.8, 4) is 11.5 Å². The lowest BCUT2D eigenvalue weighted by Crippen LogP contribution is -2.28. The second-order valence-corrected chi connectivity index (χ2v) is 8.48. The van der Waals surface area contributed by atoms with Gasteiger partial charge in [-0.25, -0.2) is 0 Å². The van der Waals surface area contributed by atoms with Crippen molar-refractivity contribution in [1.82, 2.24) is 4.90 Å². The van der Waals surface area contributed by atoms with Gasteiger partial charge in [0, 0.05) is 17.0 Å². The number of nitrogens with zero attached hydrogens (tertiary/aromatic N) is 1. The maximum absolute atomic E-state index is 13.1. The van der Waals surface area contributed by atoms with Crippen molar-refractivity contribution < 1.29 is 24.2 Å². The summed E-state index contributed by atoms with van der Waals surface area (Å²) in [6, 6.07) is 15.6. The molecule has 4 rings (SSSR count). The highest BCUT2D eigenvalue weighted by Crippen LogP contribution is 2.42. The molecular weight excluding hydrogens is 426 g/mol. The van der Waals surface area contributed by atoms with E-state index in [9.17, 15) is 14.7 Å². The van der Waals surface area contributed by atoms with Crippen molar-refractivity contribution >= 4 is 28.8 Å². The van der Waals surface area contributed by atoms with Crippen molar-refractivity contribution in [2.45, 2.75) is 19.5 Å². The molecule has 0 spiro atoms. The number of ether oxygens (including phenoxy) is 2. The summed E-state index contributed by atoms with van der Waals surface area (Å²) in [5.41, 5.74) is 2.41. The van der Waals surface area contributed by atoms with Crippen molar-refractivity contribution in [1.29, 1.82) is 0 Å². The van der Waals surface area contributed by atoms with Crippen LogP contribution in [0.1, 0.15) is 27.6 Å². The normalized spacial score (nSPS) is 17.6. The lowest BCUT2D eigenvalue weighted by atomic mass is 9.99. The Labute approximate surface area is 190 Å². The Bertz CT molecular complexity index is 1180. The molecule has 0 bridgehead atoms. The third-order valence-corrected chi connectivity index (χ3v) is 6.40. The topological polar surface area (TPSA) is 76.1 Å². The van der Waals surface area contributed by atoms with E-state index >= 15 is 0 Å². The van der Waals surface area contributed by atoms with Gasteiger partial charge in [0.25, 0.3) is 11.7 Å². The molecule has 1 atom stereocenters. The first kappa shape index (κ1) is 21.6. The molecule has 1 aliphatic heterocycles. The Kier molecular flexibility index (Phi) is 6.01. The van der Waals surface area contributed by atoms with Crippen LogP contribution in [0.2, 0.25) is 0 Å². The quantitative estimate of drug-likeness (QED) is 0.336. The number of likely N-dealkylation sites (tertiary alicyclic amines) is 1. The van der Waals surface area contributed by atoms with E-state index in [1.165, 1.54) is 16.2 Å². The van der Waals surface area contributed by atoms with E-state index in [1.54, 1.807) is 38.5 Å². The molecule has 1 aromatic heterocycles. The molecule has 1 saturated heterocycles. The number of carbonyl (C=O) groups is 2. The monoisotopic (exact) mass is 449 g/mol. The second-order valence-electron chi connectivity index (χ2n) is 7.50. The minimum Gasteiger partial charge on any atom is -0.507 e. The number of aryl methyl sites for hydroxylation is 1. The van der Waals surface area contributed by atoms with Crippen molar-refractivity contribution in [3.05, 3.63) is 87.1 Å². The molecule has 164 valence electrons. The van der Waals surface area contributed by atoms with Crippen LogP contribution in [-0.2, 0) is 16.1 Å². The molecule has 1 aliphatic rings. The number of aliphatic hydroxyl groups excluding tert-OH is 1. The molecule has 2 heterocycles. The first-order chi connectivity index (χ1) is 15.4. The van der Waals surface area contributed by atoms with E-state index in [-0.39, 0.29) is 17.9 Å². The van der Waals surface area contributed by atoms with Crippen LogP contribution in [0.5, 0.6) is 11.5 Å². The number of rotatable bonds is 6. The van der Waals surface area contributed by atoms with Gasteiger partial charge >= 0.3 is 0 Å². The van der Waals surface area contributed by atoms with Crippen LogP contribution in [0.4, 0.5) is 0 Å². The Hall–Kier alpha value is -3.58. The molecule has 2 aromatic carbocycles. The molecule has 0 saturated carbocycles. The fourth-order valence-electron chi connectivity index (χ4n) is 3.83. The molecule has 1 amide bonds. The first-order valence-corrected chi connectivity index (χ1v) is 10.9. The molecule has 7 heteroatoms. The SMILES string of the molecule is COc1ccc(CN2C(=O)C(=O)/C(=C(\O)c3ccc(C)cc3)C2c2cccs2)cc1OC. The van der Waals surface area contributed by atoms with Gasteiger partial charge in [0.05, 0.1) is 25.8 Å². The van der Waals surface area contributed by atoms with Crippen LogP contribution >= 0.6 is 11.3 Å². The van der Waals surface area contributed by atoms with Crippen LogP contribution in [0, 0.1) is 6.92 Å². The molecule has 1 unspecified atom stereocenters. The summed E-state index contributed by atoms with van der Waals surface area (Å²) in [6.45, 7) is 2.12. The fourth-order valence-corrected chi connectivity index (χ4v) is 4.67. The van der Waals surface area contributed by atoms with Crippen LogP contribution in [0.3, 0.4) is 0 Å². The lowest BCUT2D eigenvalue weighted by molar-refractivity contribution is -0.140. The molecule has 0 radical (unpaired) electrons. The average Bonchev–Trinajstić information content (AvgIpc) is 3.42. The van der Waals surface area contributed by atoms with Gasteiger partial charge < -0.3 is 19.5 Å². The number of ketones is 1. The van der Waals surface area contributed by atoms with Gasteiger partial charge in [0.2, 0.25) is 0 Å². The molecule has 32 heavy (non-hydrogen) atoms. The number of Topliss-reactive ketones (excluding diaryl/α,β-unsaturated/α-hetero) is 1. The molecule has 3 aromatic rings. The number of methoxy groups -OCH3 is 2. The van der Waals surface area contributed by atoms with Crippen molar-refractivity contribution in [2.24, 2.45) is 0 Å². The number of aliphatic hydroxyl groups is 1. The third kappa shape index (κ3) is 3.87. The zero-order valence-electron chi connectivity index (χ0n) is 18.0. The fraction of sp³-hybridized carbons (Fsp3) is 0.200. The van der Waals surface area contributed by atoms with Gasteiger partial charge in [-0.15, -0.1) is 11.3 Å². The Balaban J connectivity index is 1.79. The standard InChI is InChI=1S/C25H23NO5S/c1-15-6-9-17(10-7-15)23(27)21-22(20-5-4-12-32-20)26(25(29)24(21)28)14-16-8-11-18(30-2)19(13-16)31-3/h4-13,22,27H,14H2,1-3H3/b23-21-. The van der Waals surface area contributed by atoms with Gasteiger partial charge in [-0.2, -0.15) is 0 Å². The number of benzene rings is 2. The maximum atomic E-state index is 13.1. The zero-order valence-corrected chi connectivity index (χ0v) is 18.8. The van der Waals surface area contributed by atoms with Crippen molar-refractivity contribution in [2.75, 3.05) is 14.2 Å². The predicted molar refractivity (Wildman–Crippen MR) is 123 cm³/mol. The van der Waals surface area contributed by atoms with Crippen LogP contribution in [-0.4, -0.2) is 35.9 Å². The van der Waals surface area contributed by atoms with E-state index in [0.717, 1.165) is 16.0 Å². The maximum Gasteiger partial charge on any atom is 0.295 e. The number of hydrogen-bond donors (Lipinski definition) is 1. The van der Waals surface area contributed by atoms with E-state index in [4.69, 9.17) is 9.47 Å². The van der Waals surface area contributed by atoms with Crippen molar-refractivity contribution in [3.63, 3.8) is 0 Å². The summed E-state index contributed by atoms with van der Waals surface area (Å²) < 4.78 is 10.7. The summed E-state index contributed by atoms with van der Waals surface area (Å²) in [5.74, 6) is -0.397. The molecule has 6 nitrogen and oxygen atoms in total. The number of hydrogen-bond acceptors (Lipinski definition) is 6. The highest BCUT2D eigenvalue weighted by Gasteiger charge is 2.46. The molecule has 1 fully saturated rings. The van der Waals surface area contributed by atoms with E-state index in [2.05, 4.69) is 0 Å². The van der Waals surface area contributed by atoms with Gasteiger partial charge in [0.1, 0.15) is 5.76 Å². The highest BCUT2D eigenvalue weighted by molar-refractivity contribution is 7.10. The lowest BCUT2D eigenvalue weighted by Gasteiger charge is -2.24. The largest absolute Gasteiger partial charge is 0.507 e. The highest BCUT2D eigenvalue weighted by atomic mass is 32.1. The Morgan fingerprint density at radius 1 is 1.03 bits per heavy atom. The second kappa shape index (κ2) is 8.88. The van der Waals surface area contributed by atoms with Gasteiger partial charge in [-0.1, -0.05) is 42.0 Å². The summed E-state index contributed by atoms with van der Waals surface area (Å²) >= 11 is 1.44. The minimum absolute atomic E-state index is 0.0989. The predicted octanol–water partition coefficient (Wildman–Crippen LogP) is 4.70. The van der Waals surface area contributed by atoms with E-state index < -0.39 is 17.7 Å². The summed E-state index contributed by atoms with van der Waals surface area (Å²) in [7, 11) is 3.10. The Morgan fingerprint density at radius 2 is 1.75 bits per heavy atom. The van der Waals surface area contributed by atoms with Crippen LogP contribution in [0.25, 0.3) is 5.76 Å². The molecule has 1 N–H and O–H groups in total. The first-order valence-electron chi connectivity index (χ1n) is 10.0. The smallest absolute Gasteiger partial charge is 0.295 e. The summed E-state index contributed by atoms with van der Waals surface area (Å²) in [6.07, 6.45) is 0. The van der Waals surface area contributed by atoms with Gasteiger partial charge in [-0.05, 0) is 36.1 Å². The summed E-state index contributed by atoms with van der Waals surface area (Å²) in [5, 5.41) is 12.9. The van der Waals surface area contributed by atoms with E-state index in [1.807, 2.05) is 42.6 Å². The van der Waals surface area contributed by atoms with Gasteiger partial charge in [0.15, 0.2) is 11.5 Å². The summed E-state index contributed by atoms with van der Waals surface area (Å²) in [4.78, 5) is 28.4. The number of carbonyl (C=O) groups excluding carboxylic acids is 2. The average molecular weight is 450 g/mol. The Morgan fingerprint density at radius 3 is 2.38 bits per heavy atom. The van der Waals surface area contributed by atoms with Crippen LogP contribution < -0.4 is 9.47 Å². The van der Waals surface area contributed by atoms with E-state index in [0.29, 0.717) is 17.1 Å². The van der Waals surface area contributed by atoms with Gasteiger partial charge in [-0.3, -0.25) is 9.59 Å².